The smallest absolute Gasteiger partial charge is 0.119 e. The minimum atomic E-state index is 0.422. The first-order valence-electron chi connectivity index (χ1n) is 7.42. The van der Waals surface area contributed by atoms with E-state index in [1.807, 2.05) is 24.3 Å². The molecule has 0 fully saturated rings. The fourth-order valence-electron chi connectivity index (χ4n) is 2.00. The summed E-state index contributed by atoms with van der Waals surface area (Å²) in [7, 11) is 0. The summed E-state index contributed by atoms with van der Waals surface area (Å²) in [6.45, 7) is 8.59. The van der Waals surface area contributed by atoms with Gasteiger partial charge in [-0.2, -0.15) is 0 Å². The van der Waals surface area contributed by atoms with Crippen molar-refractivity contribution >= 4 is 17.2 Å². The normalized spacial score (nSPS) is 10.8. The lowest BCUT2D eigenvalue weighted by Crippen LogP contribution is -2.26. The van der Waals surface area contributed by atoms with Crippen molar-refractivity contribution < 1.29 is 4.74 Å². The number of benzene rings is 1. The first kappa shape index (κ1) is 16.9. The average Bonchev–Trinajstić information content (AvgIpc) is 2.47. The molecular weight excluding hydrogens is 268 g/mol. The topological polar surface area (TPSA) is 38.5 Å². The molecule has 0 aliphatic heterocycles. The van der Waals surface area contributed by atoms with Crippen molar-refractivity contribution in [2.24, 2.45) is 5.73 Å². The highest BCUT2D eigenvalue weighted by Crippen LogP contribution is 2.12. The minimum absolute atomic E-state index is 0.422. The fraction of sp³-hybridized carbons (Fsp3) is 0.562. The van der Waals surface area contributed by atoms with Gasteiger partial charge in [-0.25, -0.2) is 0 Å². The molecule has 0 aliphatic carbocycles. The van der Waals surface area contributed by atoms with E-state index in [1.54, 1.807) is 0 Å². The molecule has 112 valence electrons. The molecule has 0 aliphatic rings. The van der Waals surface area contributed by atoms with Crippen LogP contribution in [-0.2, 0) is 0 Å². The first-order valence-corrected chi connectivity index (χ1v) is 7.83. The Bertz CT molecular complexity index is 392. The van der Waals surface area contributed by atoms with Gasteiger partial charge >= 0.3 is 0 Å². The monoisotopic (exact) mass is 294 g/mol. The number of rotatable bonds is 10. The van der Waals surface area contributed by atoms with Gasteiger partial charge in [0.15, 0.2) is 0 Å². The zero-order valence-electron chi connectivity index (χ0n) is 12.6. The zero-order chi connectivity index (χ0) is 14.8. The quantitative estimate of drug-likeness (QED) is 0.531. The molecule has 0 radical (unpaired) electrons. The third-order valence-corrected chi connectivity index (χ3v) is 3.54. The third kappa shape index (κ3) is 6.35. The second kappa shape index (κ2) is 9.72. The largest absolute Gasteiger partial charge is 0.494 e. The van der Waals surface area contributed by atoms with Crippen LogP contribution in [0.1, 0.15) is 38.7 Å². The van der Waals surface area contributed by atoms with Crippen molar-refractivity contribution in [2.75, 3.05) is 26.2 Å². The number of ether oxygens (including phenoxy) is 1. The Balaban J connectivity index is 2.24. The van der Waals surface area contributed by atoms with Gasteiger partial charge in [-0.3, -0.25) is 0 Å². The molecule has 1 rings (SSSR count). The molecule has 0 bridgehead atoms. The molecule has 0 spiro atoms. The third-order valence-electron chi connectivity index (χ3n) is 3.30. The van der Waals surface area contributed by atoms with Gasteiger partial charge in [0.25, 0.3) is 0 Å². The Morgan fingerprint density at radius 3 is 2.35 bits per heavy atom. The van der Waals surface area contributed by atoms with Gasteiger partial charge < -0.3 is 15.4 Å². The van der Waals surface area contributed by atoms with Crippen LogP contribution in [0.4, 0.5) is 0 Å². The molecule has 4 heteroatoms. The van der Waals surface area contributed by atoms with E-state index < -0.39 is 0 Å². The lowest BCUT2D eigenvalue weighted by Gasteiger charge is -2.19. The van der Waals surface area contributed by atoms with Crippen molar-refractivity contribution in [3.05, 3.63) is 29.8 Å². The van der Waals surface area contributed by atoms with Crippen LogP contribution in [0.5, 0.6) is 5.75 Å². The Morgan fingerprint density at radius 1 is 1.15 bits per heavy atom. The van der Waals surface area contributed by atoms with Crippen molar-refractivity contribution in [1.82, 2.24) is 4.90 Å². The van der Waals surface area contributed by atoms with Crippen LogP contribution in [0.3, 0.4) is 0 Å². The Morgan fingerprint density at radius 2 is 1.80 bits per heavy atom. The van der Waals surface area contributed by atoms with Crippen molar-refractivity contribution in [3.8, 4) is 5.75 Å². The van der Waals surface area contributed by atoms with Crippen molar-refractivity contribution in [2.45, 2.75) is 33.1 Å². The van der Waals surface area contributed by atoms with Gasteiger partial charge in [-0.15, -0.1) is 0 Å². The second-order valence-electron chi connectivity index (χ2n) is 4.88. The van der Waals surface area contributed by atoms with E-state index >= 15 is 0 Å². The summed E-state index contributed by atoms with van der Waals surface area (Å²) in [6, 6.07) is 7.64. The molecule has 2 N–H and O–H groups in total. The van der Waals surface area contributed by atoms with E-state index in [9.17, 15) is 0 Å². The Hall–Kier alpha value is -1.13. The molecule has 1 aromatic rings. The number of unbranched alkanes of at least 4 members (excludes halogenated alkanes) is 1. The lowest BCUT2D eigenvalue weighted by atomic mass is 10.2. The van der Waals surface area contributed by atoms with Crippen LogP contribution in [0.2, 0.25) is 0 Å². The molecular formula is C16H26N2OS. The van der Waals surface area contributed by atoms with Crippen LogP contribution in [0.15, 0.2) is 24.3 Å². The number of nitrogens with two attached hydrogens (primary N) is 1. The SMILES string of the molecule is CCCCN(CC)CCCOc1ccc(C(N)=S)cc1. The standard InChI is InChI=1S/C16H26N2OS/c1-3-5-11-18(4-2)12-6-13-19-15-9-7-14(8-10-15)16(17)20/h7-10H,3-6,11-13H2,1-2H3,(H2,17,20). The first-order chi connectivity index (χ1) is 9.67. The second-order valence-corrected chi connectivity index (χ2v) is 5.32. The van der Waals surface area contributed by atoms with Gasteiger partial charge in [0.2, 0.25) is 0 Å². The van der Waals surface area contributed by atoms with E-state index in [0.29, 0.717) is 4.99 Å². The van der Waals surface area contributed by atoms with Crippen LogP contribution < -0.4 is 10.5 Å². The fourth-order valence-corrected chi connectivity index (χ4v) is 2.14. The molecule has 20 heavy (non-hydrogen) atoms. The van der Waals surface area contributed by atoms with Crippen molar-refractivity contribution in [1.29, 1.82) is 0 Å². The van der Waals surface area contributed by atoms with Crippen LogP contribution in [0, 0.1) is 0 Å². The van der Waals surface area contributed by atoms with Crippen LogP contribution in [-0.4, -0.2) is 36.1 Å². The van der Waals surface area contributed by atoms with Crippen molar-refractivity contribution in [3.63, 3.8) is 0 Å². The van der Waals surface area contributed by atoms with E-state index in [1.165, 1.54) is 19.4 Å². The molecule has 1 aromatic carbocycles. The van der Waals surface area contributed by atoms with Crippen LogP contribution in [0.25, 0.3) is 0 Å². The Labute approximate surface area is 128 Å². The highest BCUT2D eigenvalue weighted by Gasteiger charge is 2.02. The number of thiocarbonyl (C=S) groups is 1. The molecule has 0 saturated carbocycles. The number of nitrogens with zero attached hydrogens (tertiary/aromatic N) is 1. The maximum atomic E-state index is 5.73. The molecule has 0 atom stereocenters. The lowest BCUT2D eigenvalue weighted by molar-refractivity contribution is 0.239. The summed E-state index contributed by atoms with van der Waals surface area (Å²) in [5.41, 5.74) is 6.44. The zero-order valence-corrected chi connectivity index (χ0v) is 13.4. The van der Waals surface area contributed by atoms with E-state index in [4.69, 9.17) is 22.7 Å². The molecule has 0 saturated heterocycles. The summed E-state index contributed by atoms with van der Waals surface area (Å²) in [5.74, 6) is 0.876. The minimum Gasteiger partial charge on any atom is -0.494 e. The molecule has 0 heterocycles. The highest BCUT2D eigenvalue weighted by atomic mass is 32.1. The van der Waals surface area contributed by atoms with Gasteiger partial charge in [-0.05, 0) is 50.2 Å². The maximum absolute atomic E-state index is 5.73. The predicted octanol–water partition coefficient (Wildman–Crippen LogP) is 3.21. The molecule has 0 aromatic heterocycles. The van der Waals surface area contributed by atoms with Gasteiger partial charge in [0.1, 0.15) is 10.7 Å². The van der Waals surface area contributed by atoms with Gasteiger partial charge in [0.05, 0.1) is 6.61 Å². The molecule has 0 unspecified atom stereocenters. The molecule has 3 nitrogen and oxygen atoms in total. The van der Waals surface area contributed by atoms with E-state index in [2.05, 4.69) is 18.7 Å². The number of hydrogen-bond acceptors (Lipinski definition) is 3. The Kier molecular flexibility index (Phi) is 8.23. The average molecular weight is 294 g/mol. The number of hydrogen-bond donors (Lipinski definition) is 1. The predicted molar refractivity (Wildman–Crippen MR) is 89.5 cm³/mol. The maximum Gasteiger partial charge on any atom is 0.119 e. The van der Waals surface area contributed by atoms with Gasteiger partial charge in [-0.1, -0.05) is 32.5 Å². The summed E-state index contributed by atoms with van der Waals surface area (Å²) in [5, 5.41) is 0. The summed E-state index contributed by atoms with van der Waals surface area (Å²) in [6.07, 6.45) is 3.58. The van der Waals surface area contributed by atoms with E-state index in [-0.39, 0.29) is 0 Å². The highest BCUT2D eigenvalue weighted by molar-refractivity contribution is 7.80. The van der Waals surface area contributed by atoms with E-state index in [0.717, 1.165) is 37.4 Å². The molecule has 0 amide bonds. The summed E-state index contributed by atoms with van der Waals surface area (Å²) < 4.78 is 5.73. The van der Waals surface area contributed by atoms with Crippen LogP contribution >= 0.6 is 12.2 Å². The summed E-state index contributed by atoms with van der Waals surface area (Å²) in [4.78, 5) is 2.90. The summed E-state index contributed by atoms with van der Waals surface area (Å²) >= 11 is 4.92. The van der Waals surface area contributed by atoms with Gasteiger partial charge in [0, 0.05) is 12.1 Å².